The van der Waals surface area contributed by atoms with Crippen molar-refractivity contribution in [3.05, 3.63) is 41.7 Å². The number of benzene rings is 1. The maximum atomic E-state index is 13.4. The Kier molecular flexibility index (Phi) is 6.23. The van der Waals surface area contributed by atoms with Crippen molar-refractivity contribution < 1.29 is 9.59 Å². The van der Waals surface area contributed by atoms with E-state index in [0.29, 0.717) is 23.5 Å². The minimum atomic E-state index is -0.176. The van der Waals surface area contributed by atoms with Crippen molar-refractivity contribution in [3.8, 4) is 0 Å². The largest absolute Gasteiger partial charge is 0.345 e. The molecule has 6 nitrogen and oxygen atoms in total. The van der Waals surface area contributed by atoms with E-state index in [1.54, 1.807) is 4.90 Å². The smallest absolute Gasteiger partial charge is 0.274 e. The molecule has 1 aromatic carbocycles. The molecule has 0 spiro atoms. The van der Waals surface area contributed by atoms with E-state index in [1.807, 2.05) is 49.0 Å². The maximum Gasteiger partial charge on any atom is 0.274 e. The van der Waals surface area contributed by atoms with Crippen LogP contribution in [0.4, 0.5) is 17.1 Å². The Morgan fingerprint density at radius 2 is 1.83 bits per heavy atom. The van der Waals surface area contributed by atoms with Gasteiger partial charge in [-0.2, -0.15) is 0 Å². The van der Waals surface area contributed by atoms with Gasteiger partial charge in [-0.15, -0.1) is 0 Å². The standard InChI is InChI=1S/C24H32N4O2/c1-18-17-26(2)23-22(18)28(20-12-7-6-11-19(20)25-24(23)30)21(29)13-5-3-8-14-27-15-9-4-10-16-27/h6-7,11-12,17H,3-5,8-10,13-16H2,1-2H3,(H,25,30). The molecular formula is C24H32N4O2. The molecule has 1 N–H and O–H groups in total. The number of fused-ring (bicyclic) bond motifs is 2. The summed E-state index contributed by atoms with van der Waals surface area (Å²) in [6.45, 7) is 5.54. The Hall–Kier alpha value is -2.60. The number of nitrogens with one attached hydrogen (secondary N) is 1. The summed E-state index contributed by atoms with van der Waals surface area (Å²) in [6.07, 6.45) is 9.45. The number of para-hydroxylation sites is 2. The van der Waals surface area contributed by atoms with Crippen molar-refractivity contribution in [2.24, 2.45) is 7.05 Å². The van der Waals surface area contributed by atoms with Crippen LogP contribution in [0.25, 0.3) is 0 Å². The van der Waals surface area contributed by atoms with Gasteiger partial charge >= 0.3 is 0 Å². The highest BCUT2D eigenvalue weighted by atomic mass is 16.2. The molecule has 1 aromatic heterocycles. The summed E-state index contributed by atoms with van der Waals surface area (Å²) < 4.78 is 1.81. The molecule has 0 aliphatic carbocycles. The monoisotopic (exact) mass is 408 g/mol. The van der Waals surface area contributed by atoms with Gasteiger partial charge in [0.05, 0.1) is 17.1 Å². The number of anilines is 3. The van der Waals surface area contributed by atoms with Crippen molar-refractivity contribution in [2.75, 3.05) is 29.9 Å². The Morgan fingerprint density at radius 1 is 1.07 bits per heavy atom. The summed E-state index contributed by atoms with van der Waals surface area (Å²) >= 11 is 0. The number of carbonyl (C=O) groups is 2. The predicted octanol–water partition coefficient (Wildman–Crippen LogP) is 4.61. The molecule has 6 heteroatoms. The maximum absolute atomic E-state index is 13.4. The predicted molar refractivity (Wildman–Crippen MR) is 120 cm³/mol. The fourth-order valence-corrected chi connectivity index (χ4v) is 4.74. The lowest BCUT2D eigenvalue weighted by atomic mass is 10.1. The van der Waals surface area contributed by atoms with Gasteiger partial charge in [-0.05, 0) is 69.9 Å². The minimum absolute atomic E-state index is 0.0486. The van der Waals surface area contributed by atoms with Crippen LogP contribution in [0.5, 0.6) is 0 Å². The van der Waals surface area contributed by atoms with E-state index in [-0.39, 0.29) is 11.8 Å². The Balaban J connectivity index is 1.47. The summed E-state index contributed by atoms with van der Waals surface area (Å²) in [6, 6.07) is 7.55. The number of carbonyl (C=O) groups excluding carboxylic acids is 2. The van der Waals surface area contributed by atoms with Crippen molar-refractivity contribution in [1.29, 1.82) is 0 Å². The van der Waals surface area contributed by atoms with E-state index in [1.165, 1.54) is 32.4 Å². The second-order valence-corrected chi connectivity index (χ2v) is 8.53. The molecule has 160 valence electrons. The first kappa shape index (κ1) is 20.7. The normalized spacial score (nSPS) is 16.6. The van der Waals surface area contributed by atoms with E-state index in [0.717, 1.165) is 37.1 Å². The van der Waals surface area contributed by atoms with E-state index in [9.17, 15) is 9.59 Å². The first-order chi connectivity index (χ1) is 14.6. The molecule has 0 saturated carbocycles. The SMILES string of the molecule is Cc1cn(C)c2c1N(C(=O)CCCCCN1CCCCC1)c1ccccc1NC2=O. The van der Waals surface area contributed by atoms with Gasteiger partial charge in [0, 0.05) is 19.7 Å². The molecule has 1 saturated heterocycles. The highest BCUT2D eigenvalue weighted by molar-refractivity contribution is 6.17. The fraction of sp³-hybridized carbons (Fsp3) is 0.500. The zero-order chi connectivity index (χ0) is 21.1. The molecule has 0 radical (unpaired) electrons. The number of likely N-dealkylation sites (tertiary alicyclic amines) is 1. The second-order valence-electron chi connectivity index (χ2n) is 8.53. The number of nitrogens with zero attached hydrogens (tertiary/aromatic N) is 3. The van der Waals surface area contributed by atoms with Crippen molar-refractivity contribution in [2.45, 2.75) is 51.9 Å². The Labute approximate surface area is 178 Å². The van der Waals surface area contributed by atoms with Gasteiger partial charge in [-0.25, -0.2) is 0 Å². The zero-order valence-corrected chi connectivity index (χ0v) is 18.1. The molecule has 2 aromatic rings. The number of rotatable bonds is 6. The molecule has 4 rings (SSSR count). The lowest BCUT2D eigenvalue weighted by Crippen LogP contribution is -2.30. The van der Waals surface area contributed by atoms with Gasteiger partial charge < -0.3 is 14.8 Å². The van der Waals surface area contributed by atoms with Crippen LogP contribution in [0, 0.1) is 6.92 Å². The number of piperidine rings is 1. The number of aryl methyl sites for hydroxylation is 2. The van der Waals surface area contributed by atoms with Crippen LogP contribution in [0.1, 0.15) is 61.0 Å². The van der Waals surface area contributed by atoms with Crippen LogP contribution >= 0.6 is 0 Å². The van der Waals surface area contributed by atoms with Crippen LogP contribution < -0.4 is 10.2 Å². The number of aromatic nitrogens is 1. The lowest BCUT2D eigenvalue weighted by molar-refractivity contribution is -0.118. The van der Waals surface area contributed by atoms with Gasteiger partial charge in [0.15, 0.2) is 0 Å². The summed E-state index contributed by atoms with van der Waals surface area (Å²) in [5.74, 6) is -0.127. The van der Waals surface area contributed by atoms with Crippen LogP contribution in [0.2, 0.25) is 0 Å². The molecular weight excluding hydrogens is 376 g/mol. The van der Waals surface area contributed by atoms with E-state index < -0.39 is 0 Å². The Morgan fingerprint density at radius 3 is 2.63 bits per heavy atom. The van der Waals surface area contributed by atoms with E-state index in [2.05, 4.69) is 10.2 Å². The number of hydrogen-bond donors (Lipinski definition) is 1. The summed E-state index contributed by atoms with van der Waals surface area (Å²) in [5, 5.41) is 2.97. The fourth-order valence-electron chi connectivity index (χ4n) is 4.74. The van der Waals surface area contributed by atoms with Crippen molar-refractivity contribution in [3.63, 3.8) is 0 Å². The van der Waals surface area contributed by atoms with Gasteiger partial charge in [-0.1, -0.05) is 25.0 Å². The van der Waals surface area contributed by atoms with Gasteiger partial charge in [0.1, 0.15) is 5.69 Å². The van der Waals surface area contributed by atoms with Crippen LogP contribution in [0.3, 0.4) is 0 Å². The van der Waals surface area contributed by atoms with Crippen LogP contribution in [-0.4, -0.2) is 40.9 Å². The molecule has 0 unspecified atom stereocenters. The van der Waals surface area contributed by atoms with Crippen molar-refractivity contribution in [1.82, 2.24) is 9.47 Å². The lowest BCUT2D eigenvalue weighted by Gasteiger charge is -2.26. The zero-order valence-electron chi connectivity index (χ0n) is 18.1. The van der Waals surface area contributed by atoms with Gasteiger partial charge in [0.25, 0.3) is 5.91 Å². The third-order valence-corrected chi connectivity index (χ3v) is 6.23. The first-order valence-corrected chi connectivity index (χ1v) is 11.2. The molecule has 0 atom stereocenters. The molecule has 2 aliphatic rings. The summed E-state index contributed by atoms with van der Waals surface area (Å²) in [4.78, 5) is 30.5. The molecule has 2 aliphatic heterocycles. The molecule has 1 fully saturated rings. The molecule has 2 amide bonds. The van der Waals surface area contributed by atoms with Gasteiger partial charge in [0.2, 0.25) is 5.91 Å². The molecule has 30 heavy (non-hydrogen) atoms. The topological polar surface area (TPSA) is 57.6 Å². The highest BCUT2D eigenvalue weighted by Crippen LogP contribution is 2.40. The average molecular weight is 409 g/mol. The van der Waals surface area contributed by atoms with E-state index in [4.69, 9.17) is 0 Å². The van der Waals surface area contributed by atoms with Gasteiger partial charge in [-0.3, -0.25) is 14.5 Å². The average Bonchev–Trinajstić information content (AvgIpc) is 2.95. The van der Waals surface area contributed by atoms with Crippen molar-refractivity contribution >= 4 is 28.9 Å². The third-order valence-electron chi connectivity index (χ3n) is 6.23. The van der Waals surface area contributed by atoms with Crippen LogP contribution in [0.15, 0.2) is 30.5 Å². The number of amides is 2. The summed E-state index contributed by atoms with van der Waals surface area (Å²) in [7, 11) is 1.85. The molecule has 3 heterocycles. The van der Waals surface area contributed by atoms with E-state index >= 15 is 0 Å². The first-order valence-electron chi connectivity index (χ1n) is 11.2. The third kappa shape index (κ3) is 4.15. The quantitative estimate of drug-likeness (QED) is 0.710. The molecule has 0 bridgehead atoms. The van der Waals surface area contributed by atoms with Crippen LogP contribution in [-0.2, 0) is 11.8 Å². The minimum Gasteiger partial charge on any atom is -0.345 e. The number of unbranched alkanes of at least 4 members (excludes halogenated alkanes) is 2. The Bertz CT molecular complexity index is 927. The number of hydrogen-bond acceptors (Lipinski definition) is 3. The highest BCUT2D eigenvalue weighted by Gasteiger charge is 2.32. The second kappa shape index (κ2) is 9.04. The summed E-state index contributed by atoms with van der Waals surface area (Å²) in [5.41, 5.74) is 3.59.